The van der Waals surface area contributed by atoms with E-state index in [2.05, 4.69) is 20.5 Å². The highest BCUT2D eigenvalue weighted by atomic mass is 32.1. The summed E-state index contributed by atoms with van der Waals surface area (Å²) in [5, 5.41) is 12.4. The standard InChI is InChI=1S/C27H25F3N6OS/c28-27(29,30)23-20(18-6-2-1-3-7-18)8-9-21(24(23)36-12-4-5-17(13-31)15-36)34-25(37)22-16-38-26(35-22)19-10-11-32-33-14-19/h1-3,6-11,14,16-17H,4-5,12-13,15,31H2,(H,34,37)/t17-/m0/s1. The third kappa shape index (κ3) is 5.39. The number of nitrogens with two attached hydrogens (primary N) is 1. The lowest BCUT2D eigenvalue weighted by atomic mass is 9.93. The molecule has 0 spiro atoms. The van der Waals surface area contributed by atoms with E-state index in [1.807, 2.05) is 0 Å². The van der Waals surface area contributed by atoms with Crippen LogP contribution in [0, 0.1) is 5.92 Å². The van der Waals surface area contributed by atoms with Gasteiger partial charge in [-0.2, -0.15) is 23.4 Å². The van der Waals surface area contributed by atoms with Gasteiger partial charge in [-0.05, 0) is 48.6 Å². The number of hydrogen-bond acceptors (Lipinski definition) is 7. The van der Waals surface area contributed by atoms with Gasteiger partial charge in [0.05, 0.1) is 29.3 Å². The van der Waals surface area contributed by atoms with E-state index in [1.54, 1.807) is 46.7 Å². The monoisotopic (exact) mass is 538 g/mol. The normalized spacial score (nSPS) is 15.9. The van der Waals surface area contributed by atoms with E-state index in [0.29, 0.717) is 42.2 Å². The van der Waals surface area contributed by atoms with E-state index in [0.717, 1.165) is 6.42 Å². The van der Waals surface area contributed by atoms with E-state index in [4.69, 9.17) is 5.73 Å². The van der Waals surface area contributed by atoms with Crippen LogP contribution in [0.1, 0.15) is 28.9 Å². The second-order valence-corrected chi connectivity index (χ2v) is 9.92. The third-order valence-electron chi connectivity index (χ3n) is 6.53. The molecule has 2 aromatic carbocycles. The fraction of sp³-hybridized carbons (Fsp3) is 0.259. The minimum absolute atomic E-state index is 0.0425. The summed E-state index contributed by atoms with van der Waals surface area (Å²) in [5.74, 6) is -0.535. The molecule has 1 amide bonds. The van der Waals surface area contributed by atoms with Gasteiger partial charge in [0.25, 0.3) is 5.91 Å². The zero-order valence-electron chi connectivity index (χ0n) is 20.3. The fourth-order valence-corrected chi connectivity index (χ4v) is 5.53. The highest BCUT2D eigenvalue weighted by molar-refractivity contribution is 7.13. The van der Waals surface area contributed by atoms with Crippen LogP contribution in [0.3, 0.4) is 0 Å². The second kappa shape index (κ2) is 10.9. The summed E-state index contributed by atoms with van der Waals surface area (Å²) in [7, 11) is 0. The number of rotatable bonds is 6. The predicted molar refractivity (Wildman–Crippen MR) is 142 cm³/mol. The number of piperidine rings is 1. The molecular formula is C27H25F3N6OS. The highest BCUT2D eigenvalue weighted by Gasteiger charge is 2.40. The Morgan fingerprint density at radius 3 is 2.63 bits per heavy atom. The molecule has 1 atom stereocenters. The number of thiazole rings is 1. The molecule has 1 aliphatic rings. The molecule has 196 valence electrons. The lowest BCUT2D eigenvalue weighted by molar-refractivity contribution is -0.136. The largest absolute Gasteiger partial charge is 0.419 e. The van der Waals surface area contributed by atoms with Gasteiger partial charge in [0, 0.05) is 24.0 Å². The first-order valence-electron chi connectivity index (χ1n) is 12.1. The molecule has 2 aromatic heterocycles. The first-order valence-corrected chi connectivity index (χ1v) is 13.0. The number of nitrogens with zero attached hydrogens (tertiary/aromatic N) is 4. The van der Waals surface area contributed by atoms with Gasteiger partial charge in [0.2, 0.25) is 0 Å². The third-order valence-corrected chi connectivity index (χ3v) is 7.42. The quantitative estimate of drug-likeness (QED) is 0.326. The van der Waals surface area contributed by atoms with Gasteiger partial charge < -0.3 is 16.0 Å². The Balaban J connectivity index is 1.58. The van der Waals surface area contributed by atoms with E-state index >= 15 is 0 Å². The van der Waals surface area contributed by atoms with Crippen LogP contribution in [0.5, 0.6) is 0 Å². The van der Waals surface area contributed by atoms with Crippen molar-refractivity contribution in [1.29, 1.82) is 0 Å². The smallest absolute Gasteiger partial charge is 0.369 e. The van der Waals surface area contributed by atoms with Crippen molar-refractivity contribution in [3.05, 3.63) is 77.6 Å². The average Bonchev–Trinajstić information content (AvgIpc) is 3.44. The lowest BCUT2D eigenvalue weighted by Crippen LogP contribution is -2.40. The predicted octanol–water partition coefficient (Wildman–Crippen LogP) is 5.71. The van der Waals surface area contributed by atoms with Gasteiger partial charge in [-0.25, -0.2) is 4.98 Å². The molecule has 0 aliphatic carbocycles. The van der Waals surface area contributed by atoms with Crippen LogP contribution in [0.2, 0.25) is 0 Å². The van der Waals surface area contributed by atoms with E-state index < -0.39 is 17.6 Å². The molecular weight excluding hydrogens is 513 g/mol. The second-order valence-electron chi connectivity index (χ2n) is 9.06. The topological polar surface area (TPSA) is 97.0 Å². The summed E-state index contributed by atoms with van der Waals surface area (Å²) < 4.78 is 44.3. The van der Waals surface area contributed by atoms with Crippen molar-refractivity contribution < 1.29 is 18.0 Å². The van der Waals surface area contributed by atoms with E-state index in [1.165, 1.54) is 35.9 Å². The number of amides is 1. The Kier molecular flexibility index (Phi) is 7.39. The van der Waals surface area contributed by atoms with Gasteiger partial charge in [0.15, 0.2) is 0 Å². The molecule has 38 heavy (non-hydrogen) atoms. The summed E-state index contributed by atoms with van der Waals surface area (Å²) in [6, 6.07) is 13.1. The molecule has 0 radical (unpaired) electrons. The van der Waals surface area contributed by atoms with Crippen LogP contribution in [-0.2, 0) is 6.18 Å². The van der Waals surface area contributed by atoms with Crippen molar-refractivity contribution in [2.24, 2.45) is 11.7 Å². The molecule has 0 bridgehead atoms. The van der Waals surface area contributed by atoms with Gasteiger partial charge in [-0.3, -0.25) is 4.79 Å². The number of hydrogen-bond donors (Lipinski definition) is 2. The van der Waals surface area contributed by atoms with Crippen LogP contribution in [0.25, 0.3) is 21.7 Å². The molecule has 1 fully saturated rings. The Morgan fingerprint density at radius 2 is 1.92 bits per heavy atom. The number of carbonyl (C=O) groups excluding carboxylic acids is 1. The molecule has 3 heterocycles. The molecule has 0 saturated carbocycles. The zero-order valence-corrected chi connectivity index (χ0v) is 21.1. The van der Waals surface area contributed by atoms with Gasteiger partial charge >= 0.3 is 6.18 Å². The van der Waals surface area contributed by atoms with Gasteiger partial charge in [0.1, 0.15) is 10.7 Å². The molecule has 4 aromatic rings. The van der Waals surface area contributed by atoms with Crippen LogP contribution in [-0.4, -0.2) is 40.7 Å². The number of nitrogens with one attached hydrogen (secondary N) is 1. The van der Waals surface area contributed by atoms with Gasteiger partial charge in [-0.1, -0.05) is 36.4 Å². The van der Waals surface area contributed by atoms with Crippen molar-refractivity contribution in [2.45, 2.75) is 19.0 Å². The van der Waals surface area contributed by atoms with Crippen molar-refractivity contribution in [1.82, 2.24) is 15.2 Å². The van der Waals surface area contributed by atoms with Crippen molar-refractivity contribution in [2.75, 3.05) is 29.9 Å². The maximum absolute atomic E-state index is 14.8. The fourth-order valence-electron chi connectivity index (χ4n) is 4.74. The molecule has 7 nitrogen and oxygen atoms in total. The summed E-state index contributed by atoms with van der Waals surface area (Å²) in [4.78, 5) is 19.3. The van der Waals surface area contributed by atoms with E-state index in [-0.39, 0.29) is 28.6 Å². The highest BCUT2D eigenvalue weighted by Crippen LogP contribution is 2.47. The van der Waals surface area contributed by atoms with Crippen LogP contribution in [0.15, 0.2) is 66.3 Å². The Bertz CT molecular complexity index is 1410. The minimum atomic E-state index is -4.67. The van der Waals surface area contributed by atoms with Crippen molar-refractivity contribution in [3.63, 3.8) is 0 Å². The van der Waals surface area contributed by atoms with Crippen LogP contribution < -0.4 is 16.0 Å². The minimum Gasteiger partial charge on any atom is -0.369 e. The first-order chi connectivity index (χ1) is 18.3. The zero-order chi connectivity index (χ0) is 26.7. The van der Waals surface area contributed by atoms with Crippen molar-refractivity contribution in [3.8, 4) is 21.7 Å². The Morgan fingerprint density at radius 1 is 1.11 bits per heavy atom. The number of benzene rings is 2. The maximum Gasteiger partial charge on any atom is 0.419 e. The number of anilines is 2. The lowest BCUT2D eigenvalue weighted by Gasteiger charge is -2.37. The molecule has 5 rings (SSSR count). The Labute approximate surface area is 221 Å². The van der Waals surface area contributed by atoms with Crippen LogP contribution >= 0.6 is 11.3 Å². The van der Waals surface area contributed by atoms with E-state index in [9.17, 15) is 18.0 Å². The van der Waals surface area contributed by atoms with Crippen molar-refractivity contribution >= 4 is 28.6 Å². The number of carbonyl (C=O) groups is 1. The molecule has 1 aliphatic heterocycles. The molecule has 1 saturated heterocycles. The summed E-state index contributed by atoms with van der Waals surface area (Å²) in [6.07, 6.45) is -0.0693. The SMILES string of the molecule is NC[C@@H]1CCCN(c2c(NC(=O)c3csc(-c4ccnnc4)n3)ccc(-c3ccccc3)c2C(F)(F)F)C1. The van der Waals surface area contributed by atoms with Gasteiger partial charge in [-0.15, -0.1) is 11.3 Å². The number of alkyl halides is 3. The summed E-state index contributed by atoms with van der Waals surface area (Å²) in [5.41, 5.74) is 6.46. The molecule has 3 N–H and O–H groups in total. The summed E-state index contributed by atoms with van der Waals surface area (Å²) in [6.45, 7) is 1.18. The average molecular weight is 539 g/mol. The number of aromatic nitrogens is 3. The van der Waals surface area contributed by atoms with Crippen LogP contribution in [0.4, 0.5) is 24.5 Å². The summed E-state index contributed by atoms with van der Waals surface area (Å²) >= 11 is 1.24. The number of halogens is 3. The molecule has 11 heteroatoms. The Hall–Kier alpha value is -3.83. The molecule has 0 unspecified atom stereocenters. The first kappa shape index (κ1) is 25.8. The maximum atomic E-state index is 14.8.